The summed E-state index contributed by atoms with van der Waals surface area (Å²) in [6, 6.07) is 12.7. The monoisotopic (exact) mass is 537 g/mol. The van der Waals surface area contributed by atoms with Crippen molar-refractivity contribution in [2.24, 2.45) is 5.92 Å². The van der Waals surface area contributed by atoms with Crippen molar-refractivity contribution in [1.29, 1.82) is 0 Å². The third-order valence-electron chi connectivity index (χ3n) is 7.88. The van der Waals surface area contributed by atoms with E-state index in [-0.39, 0.29) is 42.5 Å². The molecule has 1 aliphatic heterocycles. The van der Waals surface area contributed by atoms with Gasteiger partial charge in [-0.05, 0) is 81.7 Å². The van der Waals surface area contributed by atoms with E-state index >= 15 is 0 Å². The van der Waals surface area contributed by atoms with Crippen LogP contribution in [0.1, 0.15) is 56.6 Å². The number of carboxylic acid groups (broad SMARTS) is 1. The molecule has 4 rings (SSSR count). The standard InChI is InChI=1S/C30H39N3O6/c1-19-6-4-5-7-25(19)31-30(37)32-26-15-9-21(16-27(26)38-3)17-28(34)33-20(2)8-12-23(33)18-39-24-13-10-22(11-14-24)29(35)36/h4-7,9,15-16,20,22-24H,8,10-14,17-18H2,1-3H3,(H,35,36)(H2,31,32,37)/t20-,22?,23-,24?/m0/s1. The molecule has 2 atom stereocenters. The molecular formula is C30H39N3O6. The van der Waals surface area contributed by atoms with E-state index in [1.807, 2.05) is 42.2 Å². The number of amides is 3. The molecule has 39 heavy (non-hydrogen) atoms. The number of likely N-dealkylation sites (tertiary alicyclic amines) is 1. The highest BCUT2D eigenvalue weighted by atomic mass is 16.5. The number of para-hydroxylation sites is 1. The molecule has 210 valence electrons. The van der Waals surface area contributed by atoms with E-state index in [0.29, 0.717) is 30.9 Å². The summed E-state index contributed by atoms with van der Waals surface area (Å²) in [6.07, 6.45) is 4.87. The molecule has 0 radical (unpaired) electrons. The van der Waals surface area contributed by atoms with E-state index in [1.54, 1.807) is 12.1 Å². The minimum Gasteiger partial charge on any atom is -0.495 e. The molecule has 2 aliphatic rings. The Kier molecular flexibility index (Phi) is 9.45. The van der Waals surface area contributed by atoms with Crippen LogP contribution in [0.25, 0.3) is 0 Å². The minimum atomic E-state index is -0.721. The van der Waals surface area contributed by atoms with E-state index in [1.165, 1.54) is 7.11 Å². The van der Waals surface area contributed by atoms with Crippen molar-refractivity contribution >= 4 is 29.3 Å². The summed E-state index contributed by atoms with van der Waals surface area (Å²) < 4.78 is 11.7. The number of nitrogens with zero attached hydrogens (tertiary/aromatic N) is 1. The summed E-state index contributed by atoms with van der Waals surface area (Å²) in [7, 11) is 1.53. The number of ether oxygens (including phenoxy) is 2. The van der Waals surface area contributed by atoms with Crippen molar-refractivity contribution in [2.45, 2.75) is 77.0 Å². The maximum atomic E-state index is 13.4. The normalized spacial score (nSPS) is 22.8. The zero-order valence-corrected chi connectivity index (χ0v) is 22.9. The van der Waals surface area contributed by atoms with Gasteiger partial charge >= 0.3 is 12.0 Å². The highest BCUT2D eigenvalue weighted by Crippen LogP contribution is 2.31. The van der Waals surface area contributed by atoms with Gasteiger partial charge in [-0.15, -0.1) is 0 Å². The van der Waals surface area contributed by atoms with Gasteiger partial charge in [-0.25, -0.2) is 4.79 Å². The highest BCUT2D eigenvalue weighted by molar-refractivity contribution is 6.01. The number of hydrogen-bond acceptors (Lipinski definition) is 5. The molecule has 3 amide bonds. The van der Waals surface area contributed by atoms with Crippen LogP contribution >= 0.6 is 0 Å². The molecule has 2 aromatic rings. The second-order valence-corrected chi connectivity index (χ2v) is 10.6. The Morgan fingerprint density at radius 1 is 0.974 bits per heavy atom. The third-order valence-corrected chi connectivity index (χ3v) is 7.88. The molecule has 2 fully saturated rings. The van der Waals surface area contributed by atoms with Crippen LogP contribution in [0.4, 0.5) is 16.2 Å². The highest BCUT2D eigenvalue weighted by Gasteiger charge is 2.35. The summed E-state index contributed by atoms with van der Waals surface area (Å²) in [6.45, 7) is 4.46. The zero-order valence-electron chi connectivity index (χ0n) is 22.9. The zero-order chi connectivity index (χ0) is 27.9. The predicted molar refractivity (Wildman–Crippen MR) is 149 cm³/mol. The Balaban J connectivity index is 1.33. The van der Waals surface area contributed by atoms with E-state index in [9.17, 15) is 19.5 Å². The van der Waals surface area contributed by atoms with Crippen LogP contribution in [0.2, 0.25) is 0 Å². The summed E-state index contributed by atoms with van der Waals surface area (Å²) >= 11 is 0. The largest absolute Gasteiger partial charge is 0.495 e. The number of benzene rings is 2. The lowest BCUT2D eigenvalue weighted by molar-refractivity contribution is -0.144. The first-order chi connectivity index (χ1) is 18.7. The van der Waals surface area contributed by atoms with E-state index in [4.69, 9.17) is 9.47 Å². The summed E-state index contributed by atoms with van der Waals surface area (Å²) in [4.78, 5) is 39.1. The fraction of sp³-hybridized carbons (Fsp3) is 0.500. The number of methoxy groups -OCH3 is 1. The summed E-state index contributed by atoms with van der Waals surface area (Å²) in [5.41, 5.74) is 2.99. The number of aliphatic carboxylic acids is 1. The summed E-state index contributed by atoms with van der Waals surface area (Å²) in [5, 5.41) is 14.9. The van der Waals surface area contributed by atoms with Gasteiger partial charge < -0.3 is 30.1 Å². The Bertz CT molecular complexity index is 1180. The average Bonchev–Trinajstić information content (AvgIpc) is 3.30. The van der Waals surface area contributed by atoms with Gasteiger partial charge in [0.15, 0.2) is 0 Å². The number of urea groups is 1. The lowest BCUT2D eigenvalue weighted by Gasteiger charge is -2.32. The first-order valence-corrected chi connectivity index (χ1v) is 13.7. The van der Waals surface area contributed by atoms with Crippen LogP contribution < -0.4 is 15.4 Å². The Hall–Kier alpha value is -3.59. The molecular weight excluding hydrogens is 498 g/mol. The number of carbonyl (C=O) groups is 3. The Morgan fingerprint density at radius 3 is 2.38 bits per heavy atom. The molecule has 1 saturated carbocycles. The van der Waals surface area contributed by atoms with Crippen LogP contribution in [-0.2, 0) is 20.7 Å². The van der Waals surface area contributed by atoms with Crippen LogP contribution in [0, 0.1) is 12.8 Å². The second kappa shape index (κ2) is 13.0. The Morgan fingerprint density at radius 2 is 1.69 bits per heavy atom. The van der Waals surface area contributed by atoms with E-state index in [0.717, 1.165) is 42.5 Å². The fourth-order valence-corrected chi connectivity index (χ4v) is 5.61. The SMILES string of the molecule is COc1cc(CC(=O)N2[C@H](COC3CCC(C(=O)O)CC3)CC[C@@H]2C)ccc1NC(=O)Nc1ccccc1C. The predicted octanol–water partition coefficient (Wildman–Crippen LogP) is 5.23. The molecule has 1 heterocycles. The summed E-state index contributed by atoms with van der Waals surface area (Å²) in [5.74, 6) is -0.480. The van der Waals surface area contributed by atoms with Gasteiger partial charge in [-0.3, -0.25) is 9.59 Å². The molecule has 0 bridgehead atoms. The number of carboxylic acids is 1. The van der Waals surface area contributed by atoms with Crippen LogP contribution in [-0.4, -0.2) is 59.8 Å². The van der Waals surface area contributed by atoms with E-state index < -0.39 is 5.97 Å². The maximum absolute atomic E-state index is 13.4. The quantitative estimate of drug-likeness (QED) is 0.403. The molecule has 1 saturated heterocycles. The molecule has 9 heteroatoms. The second-order valence-electron chi connectivity index (χ2n) is 10.6. The molecule has 2 aromatic carbocycles. The third kappa shape index (κ3) is 7.29. The number of hydrogen-bond donors (Lipinski definition) is 3. The first kappa shape index (κ1) is 28.4. The lowest BCUT2D eigenvalue weighted by Crippen LogP contribution is -2.43. The number of anilines is 2. The minimum absolute atomic E-state index is 0.0117. The molecule has 0 spiro atoms. The smallest absolute Gasteiger partial charge is 0.323 e. The fourth-order valence-electron chi connectivity index (χ4n) is 5.61. The van der Waals surface area contributed by atoms with Gasteiger partial charge in [0.25, 0.3) is 0 Å². The molecule has 9 nitrogen and oxygen atoms in total. The molecule has 3 N–H and O–H groups in total. The molecule has 0 unspecified atom stereocenters. The van der Waals surface area contributed by atoms with Crippen molar-refractivity contribution in [3.8, 4) is 5.75 Å². The van der Waals surface area contributed by atoms with Gasteiger partial charge in [0.2, 0.25) is 5.91 Å². The van der Waals surface area contributed by atoms with Crippen molar-refractivity contribution in [2.75, 3.05) is 24.4 Å². The van der Waals surface area contributed by atoms with Gasteiger partial charge in [0.1, 0.15) is 5.75 Å². The van der Waals surface area contributed by atoms with Crippen molar-refractivity contribution in [3.05, 3.63) is 53.6 Å². The number of carbonyl (C=O) groups excluding carboxylic acids is 2. The van der Waals surface area contributed by atoms with Gasteiger partial charge in [0, 0.05) is 11.7 Å². The van der Waals surface area contributed by atoms with Gasteiger partial charge in [0.05, 0.1) is 43.9 Å². The van der Waals surface area contributed by atoms with Crippen molar-refractivity contribution in [3.63, 3.8) is 0 Å². The van der Waals surface area contributed by atoms with Crippen molar-refractivity contribution in [1.82, 2.24) is 4.90 Å². The molecule has 0 aromatic heterocycles. The number of aryl methyl sites for hydroxylation is 1. The molecule has 1 aliphatic carbocycles. The van der Waals surface area contributed by atoms with Crippen LogP contribution in [0.3, 0.4) is 0 Å². The topological polar surface area (TPSA) is 117 Å². The van der Waals surface area contributed by atoms with Crippen molar-refractivity contribution < 1.29 is 29.0 Å². The van der Waals surface area contributed by atoms with E-state index in [2.05, 4.69) is 17.6 Å². The number of nitrogens with one attached hydrogen (secondary N) is 2. The van der Waals surface area contributed by atoms with Crippen LogP contribution in [0.15, 0.2) is 42.5 Å². The Labute approximate surface area is 229 Å². The van der Waals surface area contributed by atoms with Gasteiger partial charge in [-0.1, -0.05) is 24.3 Å². The van der Waals surface area contributed by atoms with Gasteiger partial charge in [-0.2, -0.15) is 0 Å². The maximum Gasteiger partial charge on any atom is 0.323 e. The number of rotatable bonds is 9. The first-order valence-electron chi connectivity index (χ1n) is 13.7. The average molecular weight is 538 g/mol. The van der Waals surface area contributed by atoms with Crippen LogP contribution in [0.5, 0.6) is 5.75 Å². The lowest BCUT2D eigenvalue weighted by atomic mass is 9.87.